The fourth-order valence-electron chi connectivity index (χ4n) is 1.10. The average Bonchev–Trinajstić information content (AvgIpc) is 2.79. The van der Waals surface area contributed by atoms with Gasteiger partial charge in [0.15, 0.2) is 0 Å². The zero-order valence-electron chi connectivity index (χ0n) is 8.74. The van der Waals surface area contributed by atoms with Crippen molar-refractivity contribution in [3.8, 4) is 0 Å². The second kappa shape index (κ2) is 5.27. The summed E-state index contributed by atoms with van der Waals surface area (Å²) in [6, 6.07) is 3.97. The van der Waals surface area contributed by atoms with Gasteiger partial charge in [0.25, 0.3) is 0 Å². The standard InChI is InChI=1S/C7H6N2S.C4H4N2/c1-5-2-3-6-7(9-5)10-4-8-6;1-2-6-4-3-5-1/h2-4H,1H3;1-4H. The van der Waals surface area contributed by atoms with Crippen LogP contribution >= 0.6 is 11.3 Å². The molecule has 0 bridgehead atoms. The highest BCUT2D eigenvalue weighted by molar-refractivity contribution is 7.16. The molecule has 3 aromatic rings. The van der Waals surface area contributed by atoms with Crippen molar-refractivity contribution in [3.63, 3.8) is 0 Å². The zero-order chi connectivity index (χ0) is 11.2. The van der Waals surface area contributed by atoms with E-state index in [0.29, 0.717) is 0 Å². The molecule has 0 saturated carbocycles. The lowest BCUT2D eigenvalue weighted by atomic mass is 10.4. The number of fused-ring (bicyclic) bond motifs is 1. The van der Waals surface area contributed by atoms with Crippen LogP contribution in [0.4, 0.5) is 0 Å². The van der Waals surface area contributed by atoms with Gasteiger partial charge in [-0.3, -0.25) is 9.97 Å². The number of hydrogen-bond donors (Lipinski definition) is 0. The van der Waals surface area contributed by atoms with Crippen LogP contribution in [0, 0.1) is 6.92 Å². The summed E-state index contributed by atoms with van der Waals surface area (Å²) in [5.41, 5.74) is 3.87. The second-order valence-electron chi connectivity index (χ2n) is 3.02. The van der Waals surface area contributed by atoms with E-state index < -0.39 is 0 Å². The largest absolute Gasteiger partial charge is 0.262 e. The highest BCUT2D eigenvalue weighted by Crippen LogP contribution is 2.14. The maximum absolute atomic E-state index is 4.29. The Hall–Kier alpha value is -1.88. The Labute approximate surface area is 97.1 Å². The molecule has 0 atom stereocenters. The minimum Gasteiger partial charge on any atom is -0.262 e. The van der Waals surface area contributed by atoms with E-state index in [2.05, 4.69) is 19.9 Å². The predicted molar refractivity (Wildman–Crippen MR) is 64.2 cm³/mol. The van der Waals surface area contributed by atoms with Crippen LogP contribution in [-0.2, 0) is 0 Å². The summed E-state index contributed by atoms with van der Waals surface area (Å²) in [6.45, 7) is 1.99. The van der Waals surface area contributed by atoms with Crippen molar-refractivity contribution in [1.29, 1.82) is 0 Å². The molecule has 0 fully saturated rings. The van der Waals surface area contributed by atoms with E-state index in [0.717, 1.165) is 16.0 Å². The Balaban J connectivity index is 0.000000138. The van der Waals surface area contributed by atoms with Crippen LogP contribution in [-0.4, -0.2) is 19.9 Å². The lowest BCUT2D eigenvalue weighted by Crippen LogP contribution is -1.77. The lowest BCUT2D eigenvalue weighted by Gasteiger charge is -1.87. The number of aromatic nitrogens is 4. The number of thiazole rings is 1. The summed E-state index contributed by atoms with van der Waals surface area (Å²) in [5.74, 6) is 0. The van der Waals surface area contributed by atoms with E-state index in [-0.39, 0.29) is 0 Å². The van der Waals surface area contributed by atoms with Crippen LogP contribution in [0.3, 0.4) is 0 Å². The van der Waals surface area contributed by atoms with Crippen LogP contribution < -0.4 is 0 Å². The van der Waals surface area contributed by atoms with Gasteiger partial charge in [-0.15, -0.1) is 11.3 Å². The van der Waals surface area contributed by atoms with Gasteiger partial charge in [0.05, 0.1) is 11.0 Å². The Morgan fingerprint density at radius 3 is 2.31 bits per heavy atom. The highest BCUT2D eigenvalue weighted by atomic mass is 32.1. The van der Waals surface area contributed by atoms with E-state index in [1.165, 1.54) is 0 Å². The number of aryl methyl sites for hydroxylation is 1. The van der Waals surface area contributed by atoms with Crippen LogP contribution in [0.5, 0.6) is 0 Å². The molecule has 5 heteroatoms. The van der Waals surface area contributed by atoms with Crippen molar-refractivity contribution in [2.75, 3.05) is 0 Å². The van der Waals surface area contributed by atoms with Gasteiger partial charge < -0.3 is 0 Å². The molecule has 0 saturated heterocycles. The van der Waals surface area contributed by atoms with Gasteiger partial charge in [-0.05, 0) is 19.1 Å². The highest BCUT2D eigenvalue weighted by Gasteiger charge is 1.95. The van der Waals surface area contributed by atoms with Crippen LogP contribution in [0.15, 0.2) is 42.4 Å². The number of hydrogen-bond acceptors (Lipinski definition) is 5. The van der Waals surface area contributed by atoms with E-state index in [1.54, 1.807) is 36.1 Å². The van der Waals surface area contributed by atoms with Crippen molar-refractivity contribution in [1.82, 2.24) is 19.9 Å². The van der Waals surface area contributed by atoms with Crippen molar-refractivity contribution in [3.05, 3.63) is 48.1 Å². The monoisotopic (exact) mass is 230 g/mol. The molecule has 0 aliphatic heterocycles. The summed E-state index contributed by atoms with van der Waals surface area (Å²) < 4.78 is 0. The molecule has 3 heterocycles. The van der Waals surface area contributed by atoms with Gasteiger partial charge in [0.2, 0.25) is 0 Å². The first-order chi connectivity index (χ1) is 7.86. The first-order valence-corrected chi connectivity index (χ1v) is 5.61. The topological polar surface area (TPSA) is 51.6 Å². The van der Waals surface area contributed by atoms with Crippen LogP contribution in [0.2, 0.25) is 0 Å². The Bertz CT molecular complexity index is 523. The van der Waals surface area contributed by atoms with E-state index in [4.69, 9.17) is 0 Å². The van der Waals surface area contributed by atoms with Crippen molar-refractivity contribution in [2.45, 2.75) is 6.92 Å². The summed E-state index contributed by atoms with van der Waals surface area (Å²) in [5, 5.41) is 0. The number of pyridine rings is 1. The normalized spacial score (nSPS) is 9.56. The van der Waals surface area contributed by atoms with Gasteiger partial charge in [-0.25, -0.2) is 9.97 Å². The third-order valence-electron chi connectivity index (χ3n) is 1.81. The van der Waals surface area contributed by atoms with Crippen LogP contribution in [0.25, 0.3) is 10.3 Å². The summed E-state index contributed by atoms with van der Waals surface area (Å²) in [6.07, 6.45) is 6.56. The molecule has 3 aromatic heterocycles. The van der Waals surface area contributed by atoms with E-state index >= 15 is 0 Å². The van der Waals surface area contributed by atoms with Gasteiger partial charge in [-0.1, -0.05) is 0 Å². The predicted octanol–water partition coefficient (Wildman–Crippen LogP) is 2.48. The van der Waals surface area contributed by atoms with Gasteiger partial charge in [0.1, 0.15) is 4.83 Å². The molecule has 0 spiro atoms. The molecule has 16 heavy (non-hydrogen) atoms. The Morgan fingerprint density at radius 2 is 1.69 bits per heavy atom. The minimum atomic E-state index is 0.996. The Kier molecular flexibility index (Phi) is 3.50. The maximum Gasteiger partial charge on any atom is 0.143 e. The fourth-order valence-corrected chi connectivity index (χ4v) is 1.80. The smallest absolute Gasteiger partial charge is 0.143 e. The summed E-state index contributed by atoms with van der Waals surface area (Å²) >= 11 is 1.58. The lowest BCUT2D eigenvalue weighted by molar-refractivity contribution is 1.20. The SMILES string of the molecule is Cc1ccc2ncsc2n1.c1cnccn1. The van der Waals surface area contributed by atoms with E-state index in [9.17, 15) is 0 Å². The van der Waals surface area contributed by atoms with E-state index in [1.807, 2.05) is 24.6 Å². The molecular formula is C11H10N4S. The molecule has 0 radical (unpaired) electrons. The third-order valence-corrected chi connectivity index (χ3v) is 2.55. The number of nitrogens with zero attached hydrogens (tertiary/aromatic N) is 4. The Morgan fingerprint density at radius 1 is 1.00 bits per heavy atom. The first kappa shape index (κ1) is 10.6. The molecule has 4 nitrogen and oxygen atoms in total. The van der Waals surface area contributed by atoms with Gasteiger partial charge in [0, 0.05) is 30.5 Å². The van der Waals surface area contributed by atoms with Crippen molar-refractivity contribution in [2.24, 2.45) is 0 Å². The third kappa shape index (κ3) is 2.80. The molecule has 0 aliphatic rings. The van der Waals surface area contributed by atoms with Gasteiger partial charge in [-0.2, -0.15) is 0 Å². The molecule has 0 N–H and O–H groups in total. The van der Waals surface area contributed by atoms with Crippen LogP contribution in [0.1, 0.15) is 5.69 Å². The second-order valence-corrected chi connectivity index (χ2v) is 3.86. The zero-order valence-corrected chi connectivity index (χ0v) is 9.56. The summed E-state index contributed by atoms with van der Waals surface area (Å²) in [4.78, 5) is 16.9. The fraction of sp³-hybridized carbons (Fsp3) is 0.0909. The summed E-state index contributed by atoms with van der Waals surface area (Å²) in [7, 11) is 0. The molecular weight excluding hydrogens is 220 g/mol. The van der Waals surface area contributed by atoms with Gasteiger partial charge >= 0.3 is 0 Å². The quantitative estimate of drug-likeness (QED) is 0.595. The maximum atomic E-state index is 4.29. The molecule has 80 valence electrons. The molecule has 0 unspecified atom stereocenters. The number of rotatable bonds is 0. The molecule has 0 aliphatic carbocycles. The first-order valence-electron chi connectivity index (χ1n) is 4.73. The molecule has 3 rings (SSSR count). The molecule has 0 aromatic carbocycles. The minimum absolute atomic E-state index is 0.996. The average molecular weight is 230 g/mol. The van der Waals surface area contributed by atoms with Crippen molar-refractivity contribution < 1.29 is 0 Å². The van der Waals surface area contributed by atoms with Crippen molar-refractivity contribution >= 4 is 21.7 Å². The molecule has 0 amide bonds.